The van der Waals surface area contributed by atoms with Crippen molar-refractivity contribution in [1.29, 1.82) is 0 Å². The molecule has 0 aliphatic carbocycles. The van der Waals surface area contributed by atoms with Crippen LogP contribution < -0.4 is 15.4 Å². The number of carbonyl (C=O) groups is 1. The van der Waals surface area contributed by atoms with Crippen molar-refractivity contribution < 1.29 is 14.6 Å². The number of aliphatic hydroxyl groups excluding tert-OH is 1. The summed E-state index contributed by atoms with van der Waals surface area (Å²) in [6, 6.07) is 15.1. The number of benzene rings is 2. The van der Waals surface area contributed by atoms with Crippen molar-refractivity contribution in [3.05, 3.63) is 48.5 Å². The molecule has 24 heavy (non-hydrogen) atoms. The zero-order chi connectivity index (χ0) is 17.4. The van der Waals surface area contributed by atoms with E-state index in [1.165, 1.54) is 0 Å². The number of para-hydroxylation sites is 1. The maximum Gasteiger partial charge on any atom is 0.319 e. The summed E-state index contributed by atoms with van der Waals surface area (Å²) in [6.45, 7) is 2.05. The normalized spacial score (nSPS) is 11.6. The molecule has 0 spiro atoms. The van der Waals surface area contributed by atoms with E-state index >= 15 is 0 Å². The molecule has 5 nitrogen and oxygen atoms in total. The lowest BCUT2D eigenvalue weighted by Crippen LogP contribution is -2.36. The molecule has 128 valence electrons. The minimum Gasteiger partial charge on any atom is -0.496 e. The number of carbonyl (C=O) groups excluding carboxylic acids is 1. The van der Waals surface area contributed by atoms with Crippen molar-refractivity contribution in [2.45, 2.75) is 25.8 Å². The van der Waals surface area contributed by atoms with Gasteiger partial charge in [-0.2, -0.15) is 0 Å². The Labute approximate surface area is 142 Å². The summed E-state index contributed by atoms with van der Waals surface area (Å²) in [5.74, 6) is 0.789. The molecule has 0 radical (unpaired) electrons. The van der Waals surface area contributed by atoms with Gasteiger partial charge in [0.05, 0.1) is 7.11 Å². The van der Waals surface area contributed by atoms with Crippen molar-refractivity contribution in [2.75, 3.05) is 19.0 Å². The van der Waals surface area contributed by atoms with Gasteiger partial charge in [0.1, 0.15) is 5.75 Å². The van der Waals surface area contributed by atoms with E-state index in [2.05, 4.69) is 10.6 Å². The summed E-state index contributed by atoms with van der Waals surface area (Å²) in [6.07, 6.45) is 1.41. The van der Waals surface area contributed by atoms with Gasteiger partial charge in [-0.25, -0.2) is 4.79 Å². The molecule has 0 aliphatic rings. The van der Waals surface area contributed by atoms with E-state index in [1.54, 1.807) is 7.11 Å². The highest BCUT2D eigenvalue weighted by Crippen LogP contribution is 2.30. The lowest BCUT2D eigenvalue weighted by Gasteiger charge is -2.15. The van der Waals surface area contributed by atoms with Crippen LogP contribution in [0.1, 0.15) is 19.8 Å². The zero-order valence-electron chi connectivity index (χ0n) is 14.1. The van der Waals surface area contributed by atoms with Crippen molar-refractivity contribution in [2.24, 2.45) is 0 Å². The first-order chi connectivity index (χ1) is 11.6. The number of ether oxygens (including phenoxy) is 1. The second-order valence-corrected chi connectivity index (χ2v) is 5.65. The summed E-state index contributed by atoms with van der Waals surface area (Å²) >= 11 is 0. The van der Waals surface area contributed by atoms with E-state index in [0.29, 0.717) is 12.1 Å². The smallest absolute Gasteiger partial charge is 0.319 e. The van der Waals surface area contributed by atoms with Crippen LogP contribution in [0.25, 0.3) is 11.1 Å². The molecule has 0 fully saturated rings. The SMILES string of the molecule is COc1ccccc1-c1cccc(NC(=O)NC(C)CCCO)c1. The van der Waals surface area contributed by atoms with E-state index in [-0.39, 0.29) is 18.7 Å². The lowest BCUT2D eigenvalue weighted by atomic mass is 10.0. The molecule has 2 rings (SSSR count). The van der Waals surface area contributed by atoms with Gasteiger partial charge in [0, 0.05) is 23.9 Å². The van der Waals surface area contributed by atoms with E-state index in [1.807, 2.05) is 55.5 Å². The van der Waals surface area contributed by atoms with Gasteiger partial charge in [-0.1, -0.05) is 30.3 Å². The highest BCUT2D eigenvalue weighted by molar-refractivity contribution is 5.90. The van der Waals surface area contributed by atoms with E-state index in [9.17, 15) is 4.79 Å². The number of rotatable bonds is 7. The van der Waals surface area contributed by atoms with E-state index < -0.39 is 0 Å². The Morgan fingerprint density at radius 1 is 1.21 bits per heavy atom. The molecule has 5 heteroatoms. The van der Waals surface area contributed by atoms with E-state index in [4.69, 9.17) is 9.84 Å². The van der Waals surface area contributed by atoms with Crippen LogP contribution in [-0.2, 0) is 0 Å². The van der Waals surface area contributed by atoms with Gasteiger partial charge in [0.2, 0.25) is 0 Å². The molecule has 1 unspecified atom stereocenters. The Morgan fingerprint density at radius 2 is 2.00 bits per heavy atom. The minimum absolute atomic E-state index is 0.00884. The second kappa shape index (κ2) is 8.93. The summed E-state index contributed by atoms with van der Waals surface area (Å²) in [5.41, 5.74) is 2.66. The minimum atomic E-state index is -0.252. The number of hydrogen-bond acceptors (Lipinski definition) is 3. The van der Waals surface area contributed by atoms with Gasteiger partial charge in [0.25, 0.3) is 0 Å². The standard InChI is InChI=1S/C19H24N2O3/c1-14(7-6-12-22)20-19(23)21-16-9-5-8-15(13-16)17-10-3-4-11-18(17)24-2/h3-5,8-11,13-14,22H,6-7,12H2,1-2H3,(H2,20,21,23). The van der Waals surface area contributed by atoms with Crippen LogP contribution in [0.5, 0.6) is 5.75 Å². The van der Waals surface area contributed by atoms with Crippen LogP contribution in [0.4, 0.5) is 10.5 Å². The number of aliphatic hydroxyl groups is 1. The lowest BCUT2D eigenvalue weighted by molar-refractivity contribution is 0.245. The Hall–Kier alpha value is -2.53. The van der Waals surface area contributed by atoms with Gasteiger partial charge >= 0.3 is 6.03 Å². The molecule has 0 saturated heterocycles. The molecular weight excluding hydrogens is 304 g/mol. The molecule has 0 heterocycles. The first-order valence-corrected chi connectivity index (χ1v) is 8.06. The van der Waals surface area contributed by atoms with Gasteiger partial charge in [-0.15, -0.1) is 0 Å². The van der Waals surface area contributed by atoms with Crippen LogP contribution in [0.3, 0.4) is 0 Å². The Balaban J connectivity index is 2.06. The maximum atomic E-state index is 12.0. The number of nitrogens with one attached hydrogen (secondary N) is 2. The van der Waals surface area contributed by atoms with Crippen molar-refractivity contribution in [3.63, 3.8) is 0 Å². The average molecular weight is 328 g/mol. The third-order valence-corrected chi connectivity index (χ3v) is 3.71. The van der Waals surface area contributed by atoms with Crippen molar-refractivity contribution in [1.82, 2.24) is 5.32 Å². The third-order valence-electron chi connectivity index (χ3n) is 3.71. The highest BCUT2D eigenvalue weighted by atomic mass is 16.5. The highest BCUT2D eigenvalue weighted by Gasteiger charge is 2.09. The van der Waals surface area contributed by atoms with Crippen LogP contribution >= 0.6 is 0 Å². The van der Waals surface area contributed by atoms with E-state index in [0.717, 1.165) is 23.3 Å². The van der Waals surface area contributed by atoms with Crippen LogP contribution in [0.2, 0.25) is 0 Å². The summed E-state index contributed by atoms with van der Waals surface area (Å²) in [4.78, 5) is 12.0. The van der Waals surface area contributed by atoms with Gasteiger partial charge in [-0.3, -0.25) is 0 Å². The molecule has 0 aliphatic heterocycles. The number of anilines is 1. The summed E-state index contributed by atoms with van der Waals surface area (Å²) in [5, 5.41) is 14.5. The number of urea groups is 1. The molecule has 0 aromatic heterocycles. The van der Waals surface area contributed by atoms with Gasteiger partial charge < -0.3 is 20.5 Å². The Kier molecular flexibility index (Phi) is 6.63. The fraction of sp³-hybridized carbons (Fsp3) is 0.316. The third kappa shape index (κ3) is 4.99. The quantitative estimate of drug-likeness (QED) is 0.726. The van der Waals surface area contributed by atoms with Crippen LogP contribution in [-0.4, -0.2) is 30.9 Å². The number of hydrogen-bond donors (Lipinski definition) is 3. The van der Waals surface area contributed by atoms with Crippen molar-refractivity contribution in [3.8, 4) is 16.9 Å². The molecule has 0 saturated carbocycles. The number of amides is 2. The number of methoxy groups -OCH3 is 1. The molecular formula is C19H24N2O3. The topological polar surface area (TPSA) is 70.6 Å². The molecule has 2 aromatic carbocycles. The first kappa shape index (κ1) is 17.8. The largest absolute Gasteiger partial charge is 0.496 e. The van der Waals surface area contributed by atoms with Crippen molar-refractivity contribution >= 4 is 11.7 Å². The fourth-order valence-electron chi connectivity index (χ4n) is 2.51. The van der Waals surface area contributed by atoms with Crippen LogP contribution in [0, 0.1) is 0 Å². The Morgan fingerprint density at radius 3 is 2.75 bits per heavy atom. The average Bonchev–Trinajstić information content (AvgIpc) is 2.60. The predicted molar refractivity (Wildman–Crippen MR) is 96.4 cm³/mol. The van der Waals surface area contributed by atoms with Crippen LogP contribution in [0.15, 0.2) is 48.5 Å². The molecule has 1 atom stereocenters. The monoisotopic (exact) mass is 328 g/mol. The molecule has 0 bridgehead atoms. The zero-order valence-corrected chi connectivity index (χ0v) is 14.1. The summed E-state index contributed by atoms with van der Waals surface area (Å²) in [7, 11) is 1.64. The molecule has 2 aromatic rings. The predicted octanol–water partition coefficient (Wildman–Crippen LogP) is 3.64. The second-order valence-electron chi connectivity index (χ2n) is 5.65. The molecule has 3 N–H and O–H groups in total. The first-order valence-electron chi connectivity index (χ1n) is 8.06. The van der Waals surface area contributed by atoms with Gasteiger partial charge in [0.15, 0.2) is 0 Å². The maximum absolute atomic E-state index is 12.0. The summed E-state index contributed by atoms with van der Waals surface area (Å²) < 4.78 is 5.39. The van der Waals surface area contributed by atoms with Gasteiger partial charge in [-0.05, 0) is 43.5 Å². The Bertz CT molecular complexity index is 673. The molecule has 2 amide bonds. The fourth-order valence-corrected chi connectivity index (χ4v) is 2.51.